The van der Waals surface area contributed by atoms with Gasteiger partial charge in [-0.05, 0) is 11.6 Å². The van der Waals surface area contributed by atoms with E-state index in [4.69, 9.17) is 9.84 Å². The van der Waals surface area contributed by atoms with Crippen LogP contribution in [0.2, 0.25) is 0 Å². The molecule has 0 spiro atoms. The third kappa shape index (κ3) is 4.76. The maximum Gasteiger partial charge on any atom is 0.269 e. The largest absolute Gasteiger partial charge is 0.395 e. The fourth-order valence-electron chi connectivity index (χ4n) is 1.94. The van der Waals surface area contributed by atoms with Gasteiger partial charge in [0.15, 0.2) is 0 Å². The molecule has 112 valence electrons. The first-order valence-electron chi connectivity index (χ1n) is 6.39. The summed E-state index contributed by atoms with van der Waals surface area (Å²) < 4.78 is 5.03. The number of aliphatic hydroxyl groups excluding tert-OH is 1. The van der Waals surface area contributed by atoms with Crippen molar-refractivity contribution in [1.29, 1.82) is 0 Å². The lowest BCUT2D eigenvalue weighted by molar-refractivity contribution is -0.384. The minimum Gasteiger partial charge on any atom is -0.395 e. The molecule has 0 saturated heterocycles. The third-order valence-electron chi connectivity index (χ3n) is 2.99. The zero-order valence-electron chi connectivity index (χ0n) is 11.8. The Morgan fingerprint density at radius 2 is 2.20 bits per heavy atom. The average molecular weight is 283 g/mol. The summed E-state index contributed by atoms with van der Waals surface area (Å²) in [6.07, 6.45) is 0. The predicted octanol–water partition coefficient (Wildman–Crippen LogP) is 1.08. The Hall–Kier alpha value is -1.70. The minimum atomic E-state index is -0.408. The second kappa shape index (κ2) is 8.47. The number of hydrogen-bond donors (Lipinski definition) is 2. The van der Waals surface area contributed by atoms with Gasteiger partial charge in [0.25, 0.3) is 5.69 Å². The van der Waals surface area contributed by atoms with Gasteiger partial charge >= 0.3 is 0 Å². The molecule has 1 rings (SSSR count). The van der Waals surface area contributed by atoms with E-state index in [-0.39, 0.29) is 12.3 Å². The van der Waals surface area contributed by atoms with Crippen LogP contribution >= 0.6 is 0 Å². The van der Waals surface area contributed by atoms with Gasteiger partial charge in [0.1, 0.15) is 0 Å². The standard InChI is InChI=1S/C13H21N3O4/c1-14-13-4-3-12(16(18)19)9-11(13)10-15(5-7-17)6-8-20-2/h3-4,9,14,17H,5-8,10H2,1-2H3. The van der Waals surface area contributed by atoms with Gasteiger partial charge in [-0.3, -0.25) is 15.0 Å². The predicted molar refractivity (Wildman–Crippen MR) is 76.9 cm³/mol. The number of rotatable bonds is 9. The minimum absolute atomic E-state index is 0.0352. The van der Waals surface area contributed by atoms with Gasteiger partial charge in [0, 0.05) is 51.6 Å². The van der Waals surface area contributed by atoms with Gasteiger partial charge in [0.05, 0.1) is 18.1 Å². The maximum absolute atomic E-state index is 10.8. The number of methoxy groups -OCH3 is 1. The summed E-state index contributed by atoms with van der Waals surface area (Å²) in [5, 5.41) is 22.9. The Kier molecular flexibility index (Phi) is 6.92. The van der Waals surface area contributed by atoms with Crippen LogP contribution in [0.5, 0.6) is 0 Å². The van der Waals surface area contributed by atoms with Crippen LogP contribution in [0.4, 0.5) is 11.4 Å². The van der Waals surface area contributed by atoms with E-state index in [0.29, 0.717) is 26.2 Å². The lowest BCUT2D eigenvalue weighted by atomic mass is 10.1. The molecule has 0 radical (unpaired) electrons. The summed E-state index contributed by atoms with van der Waals surface area (Å²) in [6.45, 7) is 2.25. The Morgan fingerprint density at radius 3 is 2.75 bits per heavy atom. The van der Waals surface area contributed by atoms with E-state index in [1.54, 1.807) is 26.3 Å². The molecule has 1 aromatic carbocycles. The van der Waals surface area contributed by atoms with Crippen molar-refractivity contribution in [3.8, 4) is 0 Å². The van der Waals surface area contributed by atoms with Crippen LogP contribution in [0.15, 0.2) is 18.2 Å². The van der Waals surface area contributed by atoms with Crippen molar-refractivity contribution in [2.45, 2.75) is 6.54 Å². The SMILES string of the molecule is CNc1ccc([N+](=O)[O-])cc1CN(CCO)CCOC. The maximum atomic E-state index is 10.8. The molecule has 0 unspecified atom stereocenters. The summed E-state index contributed by atoms with van der Waals surface area (Å²) in [7, 11) is 3.39. The van der Waals surface area contributed by atoms with E-state index in [9.17, 15) is 10.1 Å². The van der Waals surface area contributed by atoms with Gasteiger partial charge in [0.2, 0.25) is 0 Å². The normalized spacial score (nSPS) is 10.8. The Bertz CT molecular complexity index is 440. The number of hydrogen-bond acceptors (Lipinski definition) is 6. The van der Waals surface area contributed by atoms with Crippen LogP contribution in [0, 0.1) is 10.1 Å². The van der Waals surface area contributed by atoms with Crippen molar-refractivity contribution in [1.82, 2.24) is 4.90 Å². The van der Waals surface area contributed by atoms with Gasteiger partial charge in [-0.15, -0.1) is 0 Å². The molecule has 0 aliphatic heterocycles. The van der Waals surface area contributed by atoms with Crippen LogP contribution in [0.3, 0.4) is 0 Å². The number of nitrogens with zero attached hydrogens (tertiary/aromatic N) is 2. The van der Waals surface area contributed by atoms with Gasteiger partial charge < -0.3 is 15.2 Å². The molecule has 20 heavy (non-hydrogen) atoms. The van der Waals surface area contributed by atoms with Gasteiger partial charge in [-0.25, -0.2) is 0 Å². The molecule has 0 saturated carbocycles. The third-order valence-corrected chi connectivity index (χ3v) is 2.99. The highest BCUT2D eigenvalue weighted by Gasteiger charge is 2.13. The van der Waals surface area contributed by atoms with E-state index in [2.05, 4.69) is 5.32 Å². The fourth-order valence-corrected chi connectivity index (χ4v) is 1.94. The lowest BCUT2D eigenvalue weighted by Gasteiger charge is -2.22. The molecule has 0 fully saturated rings. The number of nitrogens with one attached hydrogen (secondary N) is 1. The summed E-state index contributed by atoms with van der Waals surface area (Å²) >= 11 is 0. The lowest BCUT2D eigenvalue weighted by Crippen LogP contribution is -2.30. The molecule has 7 nitrogen and oxygen atoms in total. The van der Waals surface area contributed by atoms with E-state index >= 15 is 0 Å². The molecule has 0 heterocycles. The van der Waals surface area contributed by atoms with Crippen molar-refractivity contribution < 1.29 is 14.8 Å². The van der Waals surface area contributed by atoms with E-state index < -0.39 is 4.92 Å². The molecule has 0 aliphatic rings. The molecule has 0 aromatic heterocycles. The molecule has 1 aromatic rings. The number of nitro groups is 1. The van der Waals surface area contributed by atoms with Crippen LogP contribution in [-0.2, 0) is 11.3 Å². The second-order valence-electron chi connectivity index (χ2n) is 4.34. The Morgan fingerprint density at radius 1 is 1.45 bits per heavy atom. The number of benzene rings is 1. The summed E-state index contributed by atoms with van der Waals surface area (Å²) in [5.41, 5.74) is 1.73. The molecule has 0 bridgehead atoms. The first kappa shape index (κ1) is 16.4. The summed E-state index contributed by atoms with van der Waals surface area (Å²) in [4.78, 5) is 12.4. The highest BCUT2D eigenvalue weighted by atomic mass is 16.6. The van der Waals surface area contributed by atoms with Crippen molar-refractivity contribution in [2.24, 2.45) is 0 Å². The zero-order valence-corrected chi connectivity index (χ0v) is 11.8. The Labute approximate surface area is 118 Å². The number of aliphatic hydroxyl groups is 1. The molecule has 0 atom stereocenters. The quantitative estimate of drug-likeness (QED) is 0.521. The van der Waals surface area contributed by atoms with Crippen LogP contribution in [0.25, 0.3) is 0 Å². The molecule has 0 amide bonds. The number of anilines is 1. The molecule has 7 heteroatoms. The number of nitro benzene ring substituents is 1. The average Bonchev–Trinajstić information content (AvgIpc) is 2.44. The molecule has 2 N–H and O–H groups in total. The van der Waals surface area contributed by atoms with Crippen molar-refractivity contribution in [3.63, 3.8) is 0 Å². The summed E-state index contributed by atoms with van der Waals surface area (Å²) in [6, 6.07) is 4.73. The van der Waals surface area contributed by atoms with Crippen LogP contribution in [0.1, 0.15) is 5.56 Å². The van der Waals surface area contributed by atoms with Crippen molar-refractivity contribution >= 4 is 11.4 Å². The van der Waals surface area contributed by atoms with Crippen molar-refractivity contribution in [2.75, 3.05) is 45.8 Å². The van der Waals surface area contributed by atoms with Crippen LogP contribution < -0.4 is 5.32 Å². The number of non-ortho nitro benzene ring substituents is 1. The van der Waals surface area contributed by atoms with E-state index in [1.807, 2.05) is 4.90 Å². The first-order chi connectivity index (χ1) is 9.62. The molecular formula is C13H21N3O4. The molecule has 0 aliphatic carbocycles. The highest BCUT2D eigenvalue weighted by molar-refractivity contribution is 5.55. The summed E-state index contributed by atoms with van der Waals surface area (Å²) in [5.74, 6) is 0. The van der Waals surface area contributed by atoms with Gasteiger partial charge in [-0.2, -0.15) is 0 Å². The smallest absolute Gasteiger partial charge is 0.269 e. The monoisotopic (exact) mass is 283 g/mol. The fraction of sp³-hybridized carbons (Fsp3) is 0.538. The Balaban J connectivity index is 2.90. The van der Waals surface area contributed by atoms with Crippen molar-refractivity contribution in [3.05, 3.63) is 33.9 Å². The van der Waals surface area contributed by atoms with E-state index in [1.165, 1.54) is 6.07 Å². The number of ether oxygens (including phenoxy) is 1. The van der Waals surface area contributed by atoms with Crippen LogP contribution in [-0.4, -0.2) is 55.4 Å². The molecular weight excluding hydrogens is 262 g/mol. The second-order valence-corrected chi connectivity index (χ2v) is 4.34. The zero-order chi connectivity index (χ0) is 15.0. The highest BCUT2D eigenvalue weighted by Crippen LogP contribution is 2.23. The van der Waals surface area contributed by atoms with Gasteiger partial charge in [-0.1, -0.05) is 0 Å². The first-order valence-corrected chi connectivity index (χ1v) is 6.39. The van der Waals surface area contributed by atoms with E-state index in [0.717, 1.165) is 11.3 Å². The topological polar surface area (TPSA) is 87.9 Å².